The minimum Gasteiger partial charge on any atom is -0.465 e. The highest BCUT2D eigenvalue weighted by Gasteiger charge is 2.35. The molecule has 2 heterocycles. The molecule has 1 unspecified atom stereocenters. The highest BCUT2D eigenvalue weighted by atomic mass is 16.6. The number of benzene rings is 2. The summed E-state index contributed by atoms with van der Waals surface area (Å²) in [7, 11) is 1.38. The van der Waals surface area contributed by atoms with E-state index in [-0.39, 0.29) is 23.8 Å². The summed E-state index contributed by atoms with van der Waals surface area (Å²) in [4.78, 5) is 42.2. The number of nitrogens with zero attached hydrogens (tertiary/aromatic N) is 3. The minimum absolute atomic E-state index is 0.0656. The molecular weight excluding hydrogens is 494 g/mol. The van der Waals surface area contributed by atoms with Crippen molar-refractivity contribution in [3.05, 3.63) is 70.9 Å². The van der Waals surface area contributed by atoms with Crippen LogP contribution in [0.2, 0.25) is 0 Å². The third-order valence-corrected chi connectivity index (χ3v) is 7.64. The summed E-state index contributed by atoms with van der Waals surface area (Å²) < 4.78 is 12.6. The number of aromatic nitrogens is 1. The standard InChI is InChI=1S/C31H37N3O5/c1-31(2,3)39-30(37)33-17-15-32(16-18-33)20-23-13-14-26-27(28(23)35)24-7-5-6-8-25(24)34(26)19-21-9-11-22(12-10-21)29(36)38-4/h5-12,23H,13-20H2,1-4H3. The van der Waals surface area contributed by atoms with Crippen molar-refractivity contribution in [1.29, 1.82) is 0 Å². The first-order chi connectivity index (χ1) is 18.6. The third-order valence-electron chi connectivity index (χ3n) is 7.64. The molecule has 1 aliphatic heterocycles. The number of hydrogen-bond acceptors (Lipinski definition) is 6. The van der Waals surface area contributed by atoms with Gasteiger partial charge in [-0.3, -0.25) is 9.69 Å². The summed E-state index contributed by atoms with van der Waals surface area (Å²) >= 11 is 0. The molecule has 2 aliphatic rings. The van der Waals surface area contributed by atoms with Crippen LogP contribution >= 0.6 is 0 Å². The fourth-order valence-corrected chi connectivity index (χ4v) is 5.69. The number of carbonyl (C=O) groups excluding carboxylic acids is 3. The van der Waals surface area contributed by atoms with Crippen LogP contribution < -0.4 is 0 Å². The van der Waals surface area contributed by atoms with E-state index in [4.69, 9.17) is 9.47 Å². The normalized spacial score (nSPS) is 18.2. The van der Waals surface area contributed by atoms with Crippen molar-refractivity contribution in [3.63, 3.8) is 0 Å². The summed E-state index contributed by atoms with van der Waals surface area (Å²) in [5, 5.41) is 1.00. The molecule has 1 amide bonds. The Bertz CT molecular complexity index is 1380. The molecule has 8 nitrogen and oxygen atoms in total. The van der Waals surface area contributed by atoms with Crippen molar-refractivity contribution >= 4 is 28.7 Å². The molecule has 0 spiro atoms. The van der Waals surface area contributed by atoms with Crippen molar-refractivity contribution in [1.82, 2.24) is 14.4 Å². The van der Waals surface area contributed by atoms with Gasteiger partial charge in [0.15, 0.2) is 5.78 Å². The number of ketones is 1. The number of Topliss-reactive ketones (excluding diaryl/α,β-unsaturated/α-hetero) is 1. The molecule has 0 radical (unpaired) electrons. The number of rotatable bonds is 5. The van der Waals surface area contributed by atoms with Crippen molar-refractivity contribution < 1.29 is 23.9 Å². The lowest BCUT2D eigenvalue weighted by Gasteiger charge is -2.37. The van der Waals surface area contributed by atoms with Crippen LogP contribution in [0.1, 0.15) is 59.2 Å². The van der Waals surface area contributed by atoms with Crippen LogP contribution in [0.3, 0.4) is 0 Å². The topological polar surface area (TPSA) is 81.1 Å². The van der Waals surface area contributed by atoms with Crippen LogP contribution in [0.25, 0.3) is 10.9 Å². The average Bonchev–Trinajstić information content (AvgIpc) is 3.23. The number of amides is 1. The smallest absolute Gasteiger partial charge is 0.410 e. The average molecular weight is 532 g/mol. The predicted octanol–water partition coefficient (Wildman–Crippen LogP) is 4.77. The zero-order valence-corrected chi connectivity index (χ0v) is 23.2. The fourth-order valence-electron chi connectivity index (χ4n) is 5.69. The number of ether oxygens (including phenoxy) is 2. The first-order valence-corrected chi connectivity index (χ1v) is 13.7. The van der Waals surface area contributed by atoms with E-state index in [1.807, 2.05) is 51.1 Å². The number of esters is 1. The Kier molecular flexibility index (Phi) is 7.49. The maximum Gasteiger partial charge on any atom is 0.410 e. The van der Waals surface area contributed by atoms with Gasteiger partial charge in [-0.05, 0) is 57.4 Å². The van der Waals surface area contributed by atoms with Gasteiger partial charge >= 0.3 is 12.1 Å². The summed E-state index contributed by atoms with van der Waals surface area (Å²) in [6, 6.07) is 15.6. The maximum atomic E-state index is 13.9. The third kappa shape index (κ3) is 5.71. The van der Waals surface area contributed by atoms with Crippen LogP contribution in [0, 0.1) is 5.92 Å². The van der Waals surface area contributed by atoms with Crippen LogP contribution in [0.4, 0.5) is 4.79 Å². The van der Waals surface area contributed by atoms with Crippen LogP contribution in [-0.4, -0.2) is 77.6 Å². The highest BCUT2D eigenvalue weighted by molar-refractivity contribution is 6.11. The van der Waals surface area contributed by atoms with E-state index in [1.165, 1.54) is 7.11 Å². The molecule has 0 N–H and O–H groups in total. The van der Waals surface area contributed by atoms with E-state index in [0.29, 0.717) is 31.7 Å². The number of fused-ring (bicyclic) bond motifs is 3. The monoisotopic (exact) mass is 531 g/mol. The Morgan fingerprint density at radius 1 is 0.974 bits per heavy atom. The Morgan fingerprint density at radius 2 is 1.67 bits per heavy atom. The van der Waals surface area contributed by atoms with E-state index in [9.17, 15) is 14.4 Å². The Labute approximate surface area is 229 Å². The van der Waals surface area contributed by atoms with Crippen LogP contribution in [0.15, 0.2) is 48.5 Å². The largest absolute Gasteiger partial charge is 0.465 e. The van der Waals surface area contributed by atoms with Gasteiger partial charge in [-0.15, -0.1) is 0 Å². The van der Waals surface area contributed by atoms with Gasteiger partial charge in [-0.2, -0.15) is 0 Å². The zero-order chi connectivity index (χ0) is 27.7. The summed E-state index contributed by atoms with van der Waals surface area (Å²) in [5.74, 6) is -0.209. The van der Waals surface area contributed by atoms with Gasteiger partial charge in [-0.1, -0.05) is 30.3 Å². The second-order valence-electron chi connectivity index (χ2n) is 11.5. The molecule has 3 aromatic rings. The quantitative estimate of drug-likeness (QED) is 0.441. The zero-order valence-electron chi connectivity index (χ0n) is 23.2. The Hall–Kier alpha value is -3.65. The van der Waals surface area contributed by atoms with Gasteiger partial charge in [0.05, 0.1) is 12.7 Å². The molecule has 1 fully saturated rings. The predicted molar refractivity (Wildman–Crippen MR) is 149 cm³/mol. The van der Waals surface area contributed by atoms with Gasteiger partial charge in [0.2, 0.25) is 0 Å². The van der Waals surface area contributed by atoms with E-state index >= 15 is 0 Å². The van der Waals surface area contributed by atoms with E-state index < -0.39 is 5.60 Å². The molecule has 0 bridgehead atoms. The number of carbonyl (C=O) groups is 3. The van der Waals surface area contributed by atoms with Gasteiger partial charge in [-0.25, -0.2) is 9.59 Å². The molecule has 2 aromatic carbocycles. The lowest BCUT2D eigenvalue weighted by molar-refractivity contribution is 0.0130. The van der Waals surface area contributed by atoms with Gasteiger partial charge in [0.25, 0.3) is 0 Å². The lowest BCUT2D eigenvalue weighted by atomic mass is 9.84. The molecule has 1 saturated heterocycles. The van der Waals surface area contributed by atoms with Crippen molar-refractivity contribution in [2.75, 3.05) is 39.8 Å². The molecular formula is C31H37N3O5. The first-order valence-electron chi connectivity index (χ1n) is 13.7. The molecule has 1 aliphatic carbocycles. The van der Waals surface area contributed by atoms with Crippen molar-refractivity contribution in [3.8, 4) is 0 Å². The minimum atomic E-state index is -0.508. The van der Waals surface area contributed by atoms with E-state index in [2.05, 4.69) is 15.5 Å². The number of methoxy groups -OCH3 is 1. The van der Waals surface area contributed by atoms with Gasteiger partial charge in [0, 0.05) is 67.3 Å². The van der Waals surface area contributed by atoms with Gasteiger partial charge in [0.1, 0.15) is 5.60 Å². The summed E-state index contributed by atoms with van der Waals surface area (Å²) in [5.41, 5.74) is 4.06. The Morgan fingerprint density at radius 3 is 2.33 bits per heavy atom. The van der Waals surface area contributed by atoms with E-state index in [1.54, 1.807) is 17.0 Å². The molecule has 39 heavy (non-hydrogen) atoms. The van der Waals surface area contributed by atoms with E-state index in [0.717, 1.165) is 53.7 Å². The van der Waals surface area contributed by atoms with Crippen LogP contribution in [0.5, 0.6) is 0 Å². The molecule has 8 heteroatoms. The van der Waals surface area contributed by atoms with Gasteiger partial charge < -0.3 is 18.9 Å². The second kappa shape index (κ2) is 10.8. The molecule has 5 rings (SSSR count). The molecule has 0 saturated carbocycles. The molecule has 206 valence electrons. The number of para-hydroxylation sites is 1. The second-order valence-corrected chi connectivity index (χ2v) is 11.5. The SMILES string of the molecule is COC(=O)c1ccc(Cn2c3c(c4ccccc42)C(=O)C(CN2CCN(C(=O)OC(C)(C)C)CC2)CC3)cc1. The number of hydrogen-bond donors (Lipinski definition) is 0. The van der Waals surface area contributed by atoms with Crippen molar-refractivity contribution in [2.45, 2.75) is 45.8 Å². The fraction of sp³-hybridized carbons (Fsp3) is 0.452. The Balaban J connectivity index is 1.30. The lowest BCUT2D eigenvalue weighted by Crippen LogP contribution is -2.51. The summed E-state index contributed by atoms with van der Waals surface area (Å²) in [6.07, 6.45) is 1.36. The summed E-state index contributed by atoms with van der Waals surface area (Å²) in [6.45, 7) is 9.64. The first kappa shape index (κ1) is 26.9. The highest BCUT2D eigenvalue weighted by Crippen LogP contribution is 2.35. The number of piperazine rings is 1. The van der Waals surface area contributed by atoms with Crippen molar-refractivity contribution in [2.24, 2.45) is 5.92 Å². The molecule has 1 atom stereocenters. The van der Waals surface area contributed by atoms with Crippen LogP contribution in [-0.2, 0) is 22.4 Å². The molecule has 1 aromatic heterocycles. The maximum absolute atomic E-state index is 13.9.